The summed E-state index contributed by atoms with van der Waals surface area (Å²) in [6, 6.07) is 4.98. The smallest absolute Gasteiger partial charge is 0.485 e. The van der Waals surface area contributed by atoms with Crippen LogP contribution in [0.25, 0.3) is 0 Å². The molecule has 0 unspecified atom stereocenters. The molecule has 0 atom stereocenters. The highest BCUT2D eigenvalue weighted by Gasteiger charge is 2.26. The predicted molar refractivity (Wildman–Crippen MR) is 75.1 cm³/mol. The summed E-state index contributed by atoms with van der Waals surface area (Å²) < 4.78 is 26.3. The summed E-state index contributed by atoms with van der Waals surface area (Å²) in [6.45, 7) is 0. The van der Waals surface area contributed by atoms with Crippen LogP contribution in [0.3, 0.4) is 0 Å². The van der Waals surface area contributed by atoms with Gasteiger partial charge in [0.2, 0.25) is 5.91 Å². The minimum atomic E-state index is -3.95. The predicted octanol–water partition coefficient (Wildman–Crippen LogP) is 1.76. The second-order valence-electron chi connectivity index (χ2n) is 4.92. The number of nitrogens with zero attached hydrogens (tertiary/aromatic N) is 3. The number of amides is 1. The van der Waals surface area contributed by atoms with Gasteiger partial charge in [0.15, 0.2) is 5.26 Å². The van der Waals surface area contributed by atoms with Crippen LogP contribution in [0.4, 0.5) is 5.69 Å². The molecule has 8 nitrogen and oxygen atoms in total. The first-order chi connectivity index (χ1) is 10.4. The maximum absolute atomic E-state index is 12.1. The fraction of sp³-hybridized carbons (Fsp3) is 0.385. The van der Waals surface area contributed by atoms with E-state index in [1.54, 1.807) is 0 Å². The lowest BCUT2D eigenvalue weighted by Crippen LogP contribution is -2.34. The Bertz CT molecular complexity index is 728. The van der Waals surface area contributed by atoms with E-state index in [1.165, 1.54) is 30.5 Å². The molecule has 0 aliphatic heterocycles. The lowest BCUT2D eigenvalue weighted by Gasteiger charge is -2.11. The Balaban J connectivity index is 2.12. The molecule has 1 fully saturated rings. The van der Waals surface area contributed by atoms with Crippen molar-refractivity contribution in [2.45, 2.75) is 30.6 Å². The maximum atomic E-state index is 12.1. The summed E-state index contributed by atoms with van der Waals surface area (Å²) in [5, 5.41) is 22.4. The van der Waals surface area contributed by atoms with Crippen LogP contribution in [0.15, 0.2) is 34.3 Å². The van der Waals surface area contributed by atoms with Gasteiger partial charge in [0.1, 0.15) is 5.69 Å². The lowest BCUT2D eigenvalue weighted by atomic mass is 10.1. The summed E-state index contributed by atoms with van der Waals surface area (Å²) >= 11 is 0. The van der Waals surface area contributed by atoms with E-state index in [1.807, 2.05) is 0 Å². The molecular weight excluding hydrogens is 308 g/mol. The largest absolute Gasteiger partial charge is 0.682 e. The first-order valence-electron chi connectivity index (χ1n) is 6.68. The van der Waals surface area contributed by atoms with E-state index in [-0.39, 0.29) is 21.4 Å². The molecule has 0 aromatic heterocycles. The third kappa shape index (κ3) is 3.79. The van der Waals surface area contributed by atoms with Gasteiger partial charge in [-0.2, -0.15) is 0 Å². The number of sulfonamides is 1. The minimum Gasteiger partial charge on any atom is -0.682 e. The SMILES string of the molecule is N#C/[N+]([O-])=N/c1ccc(S(=O)(=O)NC(=O)C2CCCC2)cc1. The van der Waals surface area contributed by atoms with Gasteiger partial charge in [-0.25, -0.2) is 13.1 Å². The maximum Gasteiger partial charge on any atom is 0.485 e. The molecule has 2 rings (SSSR count). The van der Waals surface area contributed by atoms with Crippen molar-refractivity contribution in [1.29, 1.82) is 5.26 Å². The van der Waals surface area contributed by atoms with Crippen molar-refractivity contribution in [3.63, 3.8) is 0 Å². The molecule has 1 amide bonds. The molecule has 1 aliphatic rings. The minimum absolute atomic E-state index is 0.104. The first kappa shape index (κ1) is 15.9. The quantitative estimate of drug-likeness (QED) is 0.297. The molecule has 0 spiro atoms. The second-order valence-corrected chi connectivity index (χ2v) is 6.60. The number of rotatable bonds is 4. The fourth-order valence-corrected chi connectivity index (χ4v) is 3.33. The monoisotopic (exact) mass is 322 g/mol. The van der Waals surface area contributed by atoms with E-state index >= 15 is 0 Å². The number of carbonyl (C=O) groups excluding carboxylic acids is 1. The molecular formula is C13H14N4O4S. The van der Waals surface area contributed by atoms with Crippen LogP contribution in [-0.2, 0) is 14.8 Å². The topological polar surface area (TPSA) is 125 Å². The van der Waals surface area contributed by atoms with Crippen LogP contribution in [0.1, 0.15) is 25.7 Å². The number of nitriles is 1. The Morgan fingerprint density at radius 2 is 1.91 bits per heavy atom. The van der Waals surface area contributed by atoms with Gasteiger partial charge in [-0.1, -0.05) is 22.8 Å². The lowest BCUT2D eigenvalue weighted by molar-refractivity contribution is -0.433. The summed E-state index contributed by atoms with van der Waals surface area (Å²) in [7, 11) is -3.95. The van der Waals surface area contributed by atoms with Crippen LogP contribution in [0.5, 0.6) is 0 Å². The van der Waals surface area contributed by atoms with Gasteiger partial charge in [-0.15, -0.1) is 0 Å². The standard InChI is InChI=1S/C13H14N4O4S/c14-9-17(19)15-11-5-7-12(8-6-11)22(20,21)16-13(18)10-3-1-2-4-10/h5-8,10H,1-4H2,(H,16,18)/b17-15-. The molecule has 22 heavy (non-hydrogen) atoms. The van der Waals surface area contributed by atoms with Gasteiger partial charge in [-0.05, 0) is 37.1 Å². The van der Waals surface area contributed by atoms with Gasteiger partial charge in [0.25, 0.3) is 10.0 Å². The van der Waals surface area contributed by atoms with E-state index in [9.17, 15) is 18.4 Å². The van der Waals surface area contributed by atoms with Crippen molar-refractivity contribution in [2.75, 3.05) is 0 Å². The van der Waals surface area contributed by atoms with E-state index < -0.39 is 15.9 Å². The molecule has 1 aliphatic carbocycles. The fourth-order valence-electron chi connectivity index (χ4n) is 2.28. The highest BCUT2D eigenvalue weighted by Crippen LogP contribution is 2.25. The number of hydrogen-bond donors (Lipinski definition) is 1. The summed E-state index contributed by atoms with van der Waals surface area (Å²) in [5.41, 5.74) is 0.137. The molecule has 1 aromatic rings. The van der Waals surface area contributed by atoms with Crippen LogP contribution in [0, 0.1) is 22.6 Å². The number of benzene rings is 1. The molecule has 9 heteroatoms. The van der Waals surface area contributed by atoms with Crippen molar-refractivity contribution in [3.05, 3.63) is 29.5 Å². The average Bonchev–Trinajstić information content (AvgIpc) is 3.01. The van der Waals surface area contributed by atoms with Crippen molar-refractivity contribution < 1.29 is 18.1 Å². The van der Waals surface area contributed by atoms with Crippen LogP contribution in [0.2, 0.25) is 0 Å². The molecule has 116 valence electrons. The highest BCUT2D eigenvalue weighted by atomic mass is 32.2. The Morgan fingerprint density at radius 3 is 2.45 bits per heavy atom. The van der Waals surface area contributed by atoms with E-state index in [2.05, 4.69) is 9.84 Å². The third-order valence-electron chi connectivity index (χ3n) is 3.40. The molecule has 0 heterocycles. The Morgan fingerprint density at radius 1 is 1.32 bits per heavy atom. The number of carbonyl (C=O) groups is 1. The van der Waals surface area contributed by atoms with Gasteiger partial charge < -0.3 is 5.21 Å². The summed E-state index contributed by atoms with van der Waals surface area (Å²) in [6.07, 6.45) is 4.51. The Hall–Kier alpha value is -2.47. The highest BCUT2D eigenvalue weighted by molar-refractivity contribution is 7.90. The Kier molecular flexibility index (Phi) is 4.72. The van der Waals surface area contributed by atoms with Crippen molar-refractivity contribution in [2.24, 2.45) is 11.0 Å². The van der Waals surface area contributed by atoms with E-state index in [4.69, 9.17) is 5.26 Å². The Labute approximate surface area is 127 Å². The number of azo groups is 1. The number of hydroxylamine groups is 1. The molecule has 1 N–H and O–H groups in total. The number of hydrogen-bond acceptors (Lipinski definition) is 6. The van der Waals surface area contributed by atoms with Crippen LogP contribution >= 0.6 is 0 Å². The second kappa shape index (κ2) is 6.53. The summed E-state index contributed by atoms with van der Waals surface area (Å²) in [5.74, 6) is -0.741. The zero-order valence-corrected chi connectivity index (χ0v) is 12.4. The van der Waals surface area contributed by atoms with Gasteiger partial charge in [0.05, 0.1) is 4.90 Å². The van der Waals surface area contributed by atoms with Crippen LogP contribution < -0.4 is 4.72 Å². The van der Waals surface area contributed by atoms with E-state index in [0.29, 0.717) is 12.8 Å². The van der Waals surface area contributed by atoms with Crippen molar-refractivity contribution >= 4 is 21.6 Å². The third-order valence-corrected chi connectivity index (χ3v) is 4.76. The van der Waals surface area contributed by atoms with Gasteiger partial charge >= 0.3 is 6.19 Å². The summed E-state index contributed by atoms with van der Waals surface area (Å²) in [4.78, 5) is 11.6. The first-order valence-corrected chi connectivity index (χ1v) is 8.16. The zero-order valence-electron chi connectivity index (χ0n) is 11.6. The van der Waals surface area contributed by atoms with E-state index in [0.717, 1.165) is 12.8 Å². The van der Waals surface area contributed by atoms with Gasteiger partial charge in [0, 0.05) is 5.92 Å². The van der Waals surface area contributed by atoms with Gasteiger partial charge in [-0.3, -0.25) is 4.79 Å². The molecule has 1 aromatic carbocycles. The normalized spacial score (nSPS) is 16.2. The van der Waals surface area contributed by atoms with Crippen molar-refractivity contribution in [3.8, 4) is 6.19 Å². The molecule has 0 bridgehead atoms. The molecule has 0 radical (unpaired) electrons. The van der Waals surface area contributed by atoms with Crippen molar-refractivity contribution in [1.82, 2.24) is 4.72 Å². The molecule has 1 saturated carbocycles. The number of nitrogens with one attached hydrogen (secondary N) is 1. The van der Waals surface area contributed by atoms with Crippen LogP contribution in [-0.4, -0.2) is 19.2 Å². The molecule has 0 saturated heterocycles. The zero-order chi connectivity index (χ0) is 16.2. The average molecular weight is 322 g/mol.